The monoisotopic (exact) mass is 317 g/mol. The van der Waals surface area contributed by atoms with Gasteiger partial charge in [-0.05, 0) is 31.2 Å². The second-order valence-electron chi connectivity index (χ2n) is 6.98. The molecule has 2 aliphatic rings. The van der Waals surface area contributed by atoms with Crippen molar-refractivity contribution in [1.29, 1.82) is 0 Å². The highest BCUT2D eigenvalue weighted by molar-refractivity contribution is 5.82. The van der Waals surface area contributed by atoms with E-state index in [2.05, 4.69) is 5.32 Å². The standard InChI is InChI=1S/C19H27NO3/c21-18(20-14-19(22)12-6-7-13-19)17(15-8-2-1-3-9-15)23-16-10-4-5-11-16/h1-3,8-9,16-17,22H,4-7,10-14H2,(H,20,21). The van der Waals surface area contributed by atoms with Crippen LogP contribution in [0, 0.1) is 0 Å². The Morgan fingerprint density at radius 1 is 1.17 bits per heavy atom. The molecule has 3 rings (SSSR count). The number of carbonyl (C=O) groups is 1. The van der Waals surface area contributed by atoms with Crippen LogP contribution >= 0.6 is 0 Å². The van der Waals surface area contributed by atoms with Gasteiger partial charge < -0.3 is 15.2 Å². The Morgan fingerprint density at radius 3 is 2.48 bits per heavy atom. The SMILES string of the molecule is O=C(NCC1(O)CCCC1)C(OC1CCCC1)c1ccccc1. The number of carbonyl (C=O) groups excluding carboxylic acids is 1. The minimum Gasteiger partial charge on any atom is -0.388 e. The largest absolute Gasteiger partial charge is 0.388 e. The zero-order chi connectivity index (χ0) is 16.1. The third-order valence-electron chi connectivity index (χ3n) is 5.10. The quantitative estimate of drug-likeness (QED) is 0.847. The lowest BCUT2D eigenvalue weighted by atomic mass is 10.0. The molecule has 0 radical (unpaired) electrons. The van der Waals surface area contributed by atoms with Crippen molar-refractivity contribution in [2.24, 2.45) is 0 Å². The van der Waals surface area contributed by atoms with Crippen LogP contribution in [0.1, 0.15) is 63.0 Å². The predicted octanol–water partition coefficient (Wildman–Crippen LogP) is 3.11. The lowest BCUT2D eigenvalue weighted by molar-refractivity contribution is -0.138. The molecule has 1 aromatic carbocycles. The van der Waals surface area contributed by atoms with Crippen LogP contribution in [-0.4, -0.2) is 29.3 Å². The van der Waals surface area contributed by atoms with Crippen LogP contribution in [0.4, 0.5) is 0 Å². The highest BCUT2D eigenvalue weighted by Crippen LogP contribution is 2.30. The molecule has 1 amide bonds. The topological polar surface area (TPSA) is 58.6 Å². The van der Waals surface area contributed by atoms with E-state index in [4.69, 9.17) is 4.74 Å². The molecule has 0 heterocycles. The van der Waals surface area contributed by atoms with Crippen molar-refractivity contribution in [1.82, 2.24) is 5.32 Å². The zero-order valence-corrected chi connectivity index (χ0v) is 13.7. The van der Waals surface area contributed by atoms with Gasteiger partial charge in [0.1, 0.15) is 0 Å². The second-order valence-corrected chi connectivity index (χ2v) is 6.98. The summed E-state index contributed by atoms with van der Waals surface area (Å²) < 4.78 is 6.11. The van der Waals surface area contributed by atoms with Gasteiger partial charge in [-0.2, -0.15) is 0 Å². The van der Waals surface area contributed by atoms with E-state index in [1.54, 1.807) is 0 Å². The highest BCUT2D eigenvalue weighted by Gasteiger charge is 2.33. The molecule has 126 valence electrons. The molecule has 4 nitrogen and oxygen atoms in total. The van der Waals surface area contributed by atoms with Gasteiger partial charge >= 0.3 is 0 Å². The number of benzene rings is 1. The third kappa shape index (κ3) is 4.33. The Hall–Kier alpha value is -1.39. The summed E-state index contributed by atoms with van der Waals surface area (Å²) in [6.45, 7) is 0.323. The second kappa shape index (κ2) is 7.45. The first-order valence-electron chi connectivity index (χ1n) is 8.87. The van der Waals surface area contributed by atoms with Crippen LogP contribution < -0.4 is 5.32 Å². The maximum absolute atomic E-state index is 12.7. The van der Waals surface area contributed by atoms with E-state index in [9.17, 15) is 9.90 Å². The molecule has 0 saturated heterocycles. The number of ether oxygens (including phenoxy) is 1. The van der Waals surface area contributed by atoms with Gasteiger partial charge in [0.05, 0.1) is 11.7 Å². The van der Waals surface area contributed by atoms with Gasteiger partial charge in [0.25, 0.3) is 5.91 Å². The number of amides is 1. The van der Waals surface area contributed by atoms with Gasteiger partial charge in [-0.15, -0.1) is 0 Å². The van der Waals surface area contributed by atoms with E-state index in [1.807, 2.05) is 30.3 Å². The van der Waals surface area contributed by atoms with E-state index in [0.29, 0.717) is 6.54 Å². The molecule has 2 saturated carbocycles. The van der Waals surface area contributed by atoms with Crippen LogP contribution in [0.3, 0.4) is 0 Å². The molecule has 23 heavy (non-hydrogen) atoms. The molecule has 2 N–H and O–H groups in total. The molecule has 1 aromatic rings. The van der Waals surface area contributed by atoms with Gasteiger partial charge in [-0.1, -0.05) is 56.0 Å². The van der Waals surface area contributed by atoms with E-state index in [0.717, 1.165) is 44.1 Å². The molecule has 4 heteroatoms. The number of hydrogen-bond acceptors (Lipinski definition) is 3. The molecule has 0 aliphatic heterocycles. The Morgan fingerprint density at radius 2 is 1.83 bits per heavy atom. The fourth-order valence-electron chi connectivity index (χ4n) is 3.69. The molecule has 0 bridgehead atoms. The minimum absolute atomic E-state index is 0.136. The number of nitrogens with one attached hydrogen (secondary N) is 1. The summed E-state index contributed by atoms with van der Waals surface area (Å²) in [6.07, 6.45) is 7.60. The van der Waals surface area contributed by atoms with Crippen LogP contribution in [0.5, 0.6) is 0 Å². The van der Waals surface area contributed by atoms with E-state index < -0.39 is 11.7 Å². The predicted molar refractivity (Wildman–Crippen MR) is 89.0 cm³/mol. The minimum atomic E-state index is -0.732. The average molecular weight is 317 g/mol. The van der Waals surface area contributed by atoms with Crippen LogP contribution in [0.25, 0.3) is 0 Å². The molecule has 2 aliphatic carbocycles. The first kappa shape index (κ1) is 16.5. The van der Waals surface area contributed by atoms with E-state index in [1.165, 1.54) is 12.8 Å². The summed E-state index contributed by atoms with van der Waals surface area (Å²) in [5, 5.41) is 13.3. The summed E-state index contributed by atoms with van der Waals surface area (Å²) in [4.78, 5) is 12.7. The van der Waals surface area contributed by atoms with Gasteiger partial charge in [0.2, 0.25) is 0 Å². The summed E-state index contributed by atoms with van der Waals surface area (Å²) >= 11 is 0. The van der Waals surface area contributed by atoms with E-state index >= 15 is 0 Å². The Balaban J connectivity index is 1.65. The lowest BCUT2D eigenvalue weighted by Gasteiger charge is -2.26. The van der Waals surface area contributed by atoms with Gasteiger partial charge in [-0.3, -0.25) is 4.79 Å². The van der Waals surface area contributed by atoms with Gasteiger partial charge in [0.15, 0.2) is 6.10 Å². The molecule has 2 fully saturated rings. The van der Waals surface area contributed by atoms with Crippen molar-refractivity contribution < 1.29 is 14.6 Å². The Kier molecular flexibility index (Phi) is 5.34. The fourth-order valence-corrected chi connectivity index (χ4v) is 3.69. The van der Waals surface area contributed by atoms with Crippen molar-refractivity contribution in [2.75, 3.05) is 6.54 Å². The molecule has 1 atom stereocenters. The first-order chi connectivity index (χ1) is 11.2. The normalized spacial score (nSPS) is 22.1. The van der Waals surface area contributed by atoms with Crippen LogP contribution in [0.15, 0.2) is 30.3 Å². The van der Waals surface area contributed by atoms with Crippen molar-refractivity contribution in [3.63, 3.8) is 0 Å². The molecule has 0 aromatic heterocycles. The Bertz CT molecular complexity index is 505. The molecule has 1 unspecified atom stereocenters. The van der Waals surface area contributed by atoms with Crippen molar-refractivity contribution in [3.05, 3.63) is 35.9 Å². The van der Waals surface area contributed by atoms with Crippen molar-refractivity contribution in [2.45, 2.75) is 69.2 Å². The van der Waals surface area contributed by atoms with Gasteiger partial charge in [0, 0.05) is 6.54 Å². The summed E-state index contributed by atoms with van der Waals surface area (Å²) in [5.41, 5.74) is 0.153. The number of hydrogen-bond donors (Lipinski definition) is 2. The Labute approximate surface area is 138 Å². The first-order valence-corrected chi connectivity index (χ1v) is 8.87. The third-order valence-corrected chi connectivity index (χ3v) is 5.10. The maximum Gasteiger partial charge on any atom is 0.253 e. The smallest absolute Gasteiger partial charge is 0.253 e. The number of rotatable bonds is 6. The fraction of sp³-hybridized carbons (Fsp3) is 0.632. The van der Waals surface area contributed by atoms with Crippen LogP contribution in [-0.2, 0) is 9.53 Å². The molecular weight excluding hydrogens is 290 g/mol. The highest BCUT2D eigenvalue weighted by atomic mass is 16.5. The maximum atomic E-state index is 12.7. The van der Waals surface area contributed by atoms with Crippen LogP contribution in [0.2, 0.25) is 0 Å². The van der Waals surface area contributed by atoms with Crippen molar-refractivity contribution >= 4 is 5.91 Å². The lowest BCUT2D eigenvalue weighted by Crippen LogP contribution is -2.43. The number of aliphatic hydroxyl groups is 1. The van der Waals surface area contributed by atoms with E-state index in [-0.39, 0.29) is 12.0 Å². The summed E-state index contributed by atoms with van der Waals surface area (Å²) in [5.74, 6) is -0.136. The molecule has 0 spiro atoms. The van der Waals surface area contributed by atoms with Gasteiger partial charge in [-0.25, -0.2) is 0 Å². The van der Waals surface area contributed by atoms with Crippen molar-refractivity contribution in [3.8, 4) is 0 Å². The molecular formula is C19H27NO3. The summed E-state index contributed by atoms with van der Waals surface area (Å²) in [6, 6.07) is 9.67. The zero-order valence-electron chi connectivity index (χ0n) is 13.7. The average Bonchev–Trinajstić information content (AvgIpc) is 3.23. The summed E-state index contributed by atoms with van der Waals surface area (Å²) in [7, 11) is 0.